The zero-order valence-corrected chi connectivity index (χ0v) is 11.4. The molecule has 0 unspecified atom stereocenters. The van der Waals surface area contributed by atoms with Crippen LogP contribution in [-0.2, 0) is 12.8 Å². The average molecular weight is 252 g/mol. The Morgan fingerprint density at radius 2 is 1.84 bits per heavy atom. The van der Waals surface area contributed by atoms with Gasteiger partial charge in [0.05, 0.1) is 0 Å². The lowest BCUT2D eigenvalue weighted by Crippen LogP contribution is -2.06. The number of hydrogen-bond donors (Lipinski definition) is 2. The Labute approximate surface area is 114 Å². The van der Waals surface area contributed by atoms with Crippen molar-refractivity contribution in [3.05, 3.63) is 53.1 Å². The predicted octanol–water partition coefficient (Wildman–Crippen LogP) is 4.20. The maximum atomic E-state index is 5.88. The van der Waals surface area contributed by atoms with Gasteiger partial charge in [-0.15, -0.1) is 0 Å². The third kappa shape index (κ3) is 2.43. The maximum absolute atomic E-state index is 5.88. The number of fused-ring (bicyclic) bond motifs is 1. The van der Waals surface area contributed by atoms with Gasteiger partial charge in [0.1, 0.15) is 0 Å². The van der Waals surface area contributed by atoms with Gasteiger partial charge in [0.15, 0.2) is 0 Å². The minimum Gasteiger partial charge on any atom is -0.399 e. The van der Waals surface area contributed by atoms with Gasteiger partial charge < -0.3 is 11.1 Å². The fraction of sp³-hybridized carbons (Fsp3) is 0.294. The second kappa shape index (κ2) is 4.96. The van der Waals surface area contributed by atoms with E-state index in [-0.39, 0.29) is 0 Å². The summed E-state index contributed by atoms with van der Waals surface area (Å²) in [6.07, 6.45) is 5.00. The van der Waals surface area contributed by atoms with Crippen molar-refractivity contribution in [1.82, 2.24) is 0 Å². The maximum Gasteiger partial charge on any atom is 0.0434 e. The minimum absolute atomic E-state index is 0.804. The first kappa shape index (κ1) is 12.1. The number of nitrogen functional groups attached to an aromatic ring is 1. The van der Waals surface area contributed by atoms with E-state index in [0.29, 0.717) is 0 Å². The van der Waals surface area contributed by atoms with Gasteiger partial charge in [0.2, 0.25) is 0 Å². The van der Waals surface area contributed by atoms with Crippen LogP contribution < -0.4 is 11.1 Å². The van der Waals surface area contributed by atoms with Gasteiger partial charge in [0.25, 0.3) is 0 Å². The van der Waals surface area contributed by atoms with Crippen molar-refractivity contribution < 1.29 is 0 Å². The summed E-state index contributed by atoms with van der Waals surface area (Å²) < 4.78 is 0. The van der Waals surface area contributed by atoms with Gasteiger partial charge in [-0.2, -0.15) is 0 Å². The van der Waals surface area contributed by atoms with Gasteiger partial charge in [-0.1, -0.05) is 18.2 Å². The van der Waals surface area contributed by atoms with E-state index in [2.05, 4.69) is 36.5 Å². The van der Waals surface area contributed by atoms with Crippen LogP contribution in [0.1, 0.15) is 29.5 Å². The molecule has 2 nitrogen and oxygen atoms in total. The summed E-state index contributed by atoms with van der Waals surface area (Å²) in [4.78, 5) is 0. The van der Waals surface area contributed by atoms with Gasteiger partial charge in [-0.25, -0.2) is 0 Å². The number of benzene rings is 2. The zero-order valence-electron chi connectivity index (χ0n) is 11.4. The number of hydrogen-bond acceptors (Lipinski definition) is 2. The van der Waals surface area contributed by atoms with Crippen LogP contribution in [0.15, 0.2) is 36.4 Å². The summed E-state index contributed by atoms with van der Waals surface area (Å²) in [7, 11) is 0. The molecule has 0 saturated carbocycles. The molecule has 19 heavy (non-hydrogen) atoms. The Bertz CT molecular complexity index is 602. The number of aryl methyl sites for hydroxylation is 2. The van der Waals surface area contributed by atoms with Crippen LogP contribution in [-0.4, -0.2) is 0 Å². The van der Waals surface area contributed by atoms with E-state index in [0.717, 1.165) is 11.4 Å². The van der Waals surface area contributed by atoms with Gasteiger partial charge >= 0.3 is 0 Å². The van der Waals surface area contributed by atoms with Crippen molar-refractivity contribution in [1.29, 1.82) is 0 Å². The smallest absolute Gasteiger partial charge is 0.0434 e. The molecule has 1 aliphatic rings. The van der Waals surface area contributed by atoms with E-state index in [1.54, 1.807) is 0 Å². The van der Waals surface area contributed by atoms with E-state index < -0.39 is 0 Å². The highest BCUT2D eigenvalue weighted by atomic mass is 14.9. The van der Waals surface area contributed by atoms with Gasteiger partial charge in [-0.05, 0) is 67.5 Å². The highest BCUT2D eigenvalue weighted by molar-refractivity contribution is 5.70. The van der Waals surface area contributed by atoms with Crippen LogP contribution in [0.2, 0.25) is 0 Å². The van der Waals surface area contributed by atoms with Crippen molar-refractivity contribution in [3.8, 4) is 0 Å². The molecule has 0 bridgehead atoms. The molecule has 0 saturated heterocycles. The van der Waals surface area contributed by atoms with E-state index in [1.165, 1.54) is 48.1 Å². The molecule has 0 spiro atoms. The Morgan fingerprint density at radius 1 is 1.00 bits per heavy atom. The van der Waals surface area contributed by atoms with Crippen LogP contribution in [0, 0.1) is 6.92 Å². The second-order valence-corrected chi connectivity index (χ2v) is 5.35. The lowest BCUT2D eigenvalue weighted by Gasteiger charge is -2.21. The zero-order chi connectivity index (χ0) is 13.2. The number of nitrogens with one attached hydrogen (secondary N) is 1. The average Bonchev–Trinajstić information content (AvgIpc) is 2.43. The van der Waals surface area contributed by atoms with Gasteiger partial charge in [0, 0.05) is 17.1 Å². The predicted molar refractivity (Wildman–Crippen MR) is 82.0 cm³/mol. The Hall–Kier alpha value is -1.96. The molecule has 0 aliphatic heterocycles. The number of rotatable bonds is 2. The van der Waals surface area contributed by atoms with Crippen molar-refractivity contribution in [3.63, 3.8) is 0 Å². The number of nitrogens with two attached hydrogens (primary N) is 1. The van der Waals surface area contributed by atoms with Crippen molar-refractivity contribution in [2.24, 2.45) is 0 Å². The molecule has 0 aromatic heterocycles. The standard InChI is InChI=1S/C17H20N2/c1-12-9-10-14(18)11-17(12)19-16-8-4-6-13-5-2-3-7-15(13)16/h4,6,8-11,19H,2-3,5,7,18H2,1H3. The molecule has 0 heterocycles. The largest absolute Gasteiger partial charge is 0.399 e. The summed E-state index contributed by atoms with van der Waals surface area (Å²) in [5, 5.41) is 3.56. The van der Waals surface area contributed by atoms with Crippen LogP contribution >= 0.6 is 0 Å². The molecule has 98 valence electrons. The van der Waals surface area contributed by atoms with Gasteiger partial charge in [-0.3, -0.25) is 0 Å². The molecule has 2 aromatic rings. The molecular formula is C17H20N2. The molecule has 0 amide bonds. The number of anilines is 3. The van der Waals surface area contributed by atoms with Crippen molar-refractivity contribution in [2.45, 2.75) is 32.6 Å². The monoisotopic (exact) mass is 252 g/mol. The lowest BCUT2D eigenvalue weighted by molar-refractivity contribution is 0.687. The van der Waals surface area contributed by atoms with E-state index >= 15 is 0 Å². The molecule has 0 atom stereocenters. The van der Waals surface area contributed by atoms with E-state index in [9.17, 15) is 0 Å². The first-order valence-corrected chi connectivity index (χ1v) is 6.98. The molecule has 0 fully saturated rings. The molecule has 0 radical (unpaired) electrons. The van der Waals surface area contributed by atoms with Crippen molar-refractivity contribution >= 4 is 17.1 Å². The summed E-state index contributed by atoms with van der Waals surface area (Å²) >= 11 is 0. The van der Waals surface area contributed by atoms with Crippen molar-refractivity contribution in [2.75, 3.05) is 11.1 Å². The van der Waals surface area contributed by atoms with Crippen LogP contribution in [0.3, 0.4) is 0 Å². The fourth-order valence-corrected chi connectivity index (χ4v) is 2.82. The summed E-state index contributed by atoms with van der Waals surface area (Å²) in [5.74, 6) is 0. The van der Waals surface area contributed by atoms with E-state index in [1.807, 2.05) is 12.1 Å². The highest BCUT2D eigenvalue weighted by Crippen LogP contribution is 2.31. The minimum atomic E-state index is 0.804. The molecule has 1 aliphatic carbocycles. The normalized spacial score (nSPS) is 13.9. The Kier molecular flexibility index (Phi) is 3.16. The summed E-state index contributed by atoms with van der Waals surface area (Å²) in [5.41, 5.74) is 13.2. The Balaban J connectivity index is 1.97. The third-order valence-electron chi connectivity index (χ3n) is 3.93. The first-order chi connectivity index (χ1) is 9.24. The third-order valence-corrected chi connectivity index (χ3v) is 3.93. The van der Waals surface area contributed by atoms with Crippen LogP contribution in [0.5, 0.6) is 0 Å². The quantitative estimate of drug-likeness (QED) is 0.786. The molecule has 2 heteroatoms. The summed E-state index contributed by atoms with van der Waals surface area (Å²) in [6, 6.07) is 12.6. The fourth-order valence-electron chi connectivity index (χ4n) is 2.82. The lowest BCUT2D eigenvalue weighted by atomic mass is 9.90. The van der Waals surface area contributed by atoms with E-state index in [4.69, 9.17) is 5.73 Å². The van der Waals surface area contributed by atoms with Crippen LogP contribution in [0.25, 0.3) is 0 Å². The molecule has 3 rings (SSSR count). The SMILES string of the molecule is Cc1ccc(N)cc1Nc1cccc2c1CCCC2. The first-order valence-electron chi connectivity index (χ1n) is 6.98. The van der Waals surface area contributed by atoms with Crippen LogP contribution in [0.4, 0.5) is 17.1 Å². The topological polar surface area (TPSA) is 38.0 Å². The second-order valence-electron chi connectivity index (χ2n) is 5.35. The Morgan fingerprint density at radius 3 is 2.74 bits per heavy atom. The molecular weight excluding hydrogens is 232 g/mol. The molecule has 3 N–H and O–H groups in total. The molecule has 2 aromatic carbocycles. The highest BCUT2D eigenvalue weighted by Gasteiger charge is 2.13. The summed E-state index contributed by atoms with van der Waals surface area (Å²) in [6.45, 7) is 2.11.